The highest BCUT2D eigenvalue weighted by molar-refractivity contribution is 5.99. The Morgan fingerprint density at radius 3 is 2.32 bits per heavy atom. The van der Waals surface area contributed by atoms with Crippen LogP contribution in [0.1, 0.15) is 71.0 Å². The Labute approximate surface area is 224 Å². The number of esters is 1. The molecule has 6 nitrogen and oxygen atoms in total. The van der Waals surface area contributed by atoms with Gasteiger partial charge in [-0.25, -0.2) is 4.79 Å². The number of benzene rings is 3. The lowest BCUT2D eigenvalue weighted by atomic mass is 9.98. The van der Waals surface area contributed by atoms with E-state index in [-0.39, 0.29) is 18.6 Å². The van der Waals surface area contributed by atoms with Gasteiger partial charge in [-0.2, -0.15) is 0 Å². The van der Waals surface area contributed by atoms with E-state index in [1.54, 1.807) is 0 Å². The third kappa shape index (κ3) is 5.91. The third-order valence-electron chi connectivity index (χ3n) is 7.17. The molecule has 6 heteroatoms. The van der Waals surface area contributed by atoms with E-state index in [4.69, 9.17) is 4.74 Å². The van der Waals surface area contributed by atoms with Crippen molar-refractivity contribution in [3.8, 4) is 5.75 Å². The second-order valence-electron chi connectivity index (χ2n) is 10.1. The van der Waals surface area contributed by atoms with Crippen molar-refractivity contribution in [2.75, 3.05) is 13.7 Å². The van der Waals surface area contributed by atoms with Gasteiger partial charge in [0.25, 0.3) is 5.91 Å². The molecule has 3 aromatic carbocycles. The van der Waals surface area contributed by atoms with Crippen molar-refractivity contribution < 1.29 is 19.1 Å². The van der Waals surface area contributed by atoms with Crippen LogP contribution in [0.25, 0.3) is 10.9 Å². The monoisotopic (exact) mass is 512 g/mol. The lowest BCUT2D eigenvalue weighted by molar-refractivity contribution is -0.142. The molecule has 0 aliphatic rings. The maximum atomic E-state index is 13.2. The van der Waals surface area contributed by atoms with Crippen LogP contribution >= 0.6 is 0 Å². The fourth-order valence-corrected chi connectivity index (χ4v) is 4.62. The maximum absolute atomic E-state index is 13.2. The smallest absolute Gasteiger partial charge is 0.343 e. The second-order valence-corrected chi connectivity index (χ2v) is 10.1. The Balaban J connectivity index is 1.51. The zero-order valence-electron chi connectivity index (χ0n) is 23.0. The Morgan fingerprint density at radius 1 is 0.921 bits per heavy atom. The number of carbonyl (C=O) groups is 2. The molecule has 1 amide bonds. The van der Waals surface area contributed by atoms with Gasteiger partial charge in [0.2, 0.25) is 0 Å². The standard InChI is InChI=1S/C32H36N2O4/c1-20(2)25-8-7-9-26(16-25)22(4)33-32(36)27-12-15-30-29(17-27)21(3)23(5)34(30)18-24-10-13-28(14-11-24)38-19-31(35)37-6/h7-17,20,22H,18-19H2,1-6H3,(H,33,36)/t22-/m0/s1. The number of amides is 1. The minimum Gasteiger partial charge on any atom is -0.482 e. The molecule has 1 aromatic heterocycles. The number of nitrogens with zero attached hydrogens (tertiary/aromatic N) is 1. The van der Waals surface area contributed by atoms with E-state index in [1.807, 2.05) is 49.4 Å². The molecule has 0 aliphatic heterocycles. The molecule has 198 valence electrons. The first kappa shape index (κ1) is 27.0. The molecule has 0 radical (unpaired) electrons. The molecule has 1 heterocycles. The molecule has 1 N–H and O–H groups in total. The van der Waals surface area contributed by atoms with E-state index < -0.39 is 5.97 Å². The minimum absolute atomic E-state index is 0.0818. The lowest BCUT2D eigenvalue weighted by Gasteiger charge is -2.16. The molecular formula is C32H36N2O4. The number of rotatable bonds is 9. The highest BCUT2D eigenvalue weighted by Gasteiger charge is 2.17. The van der Waals surface area contributed by atoms with Crippen LogP contribution < -0.4 is 10.1 Å². The van der Waals surface area contributed by atoms with Gasteiger partial charge < -0.3 is 19.4 Å². The summed E-state index contributed by atoms with van der Waals surface area (Å²) in [5, 5.41) is 4.24. The van der Waals surface area contributed by atoms with Crippen LogP contribution in [0.15, 0.2) is 66.7 Å². The van der Waals surface area contributed by atoms with Crippen molar-refractivity contribution in [3.63, 3.8) is 0 Å². The average molecular weight is 513 g/mol. The Bertz CT molecular complexity index is 1450. The van der Waals surface area contributed by atoms with Crippen LogP contribution in [-0.2, 0) is 16.1 Å². The summed E-state index contributed by atoms with van der Waals surface area (Å²) in [7, 11) is 1.34. The number of methoxy groups -OCH3 is 1. The van der Waals surface area contributed by atoms with E-state index in [2.05, 4.69) is 66.6 Å². The summed E-state index contributed by atoms with van der Waals surface area (Å²) < 4.78 is 12.3. The lowest BCUT2D eigenvalue weighted by Crippen LogP contribution is -2.26. The normalized spacial score (nSPS) is 12.0. The molecule has 0 aliphatic carbocycles. The molecule has 0 fully saturated rings. The summed E-state index contributed by atoms with van der Waals surface area (Å²) in [6, 6.07) is 21.9. The average Bonchev–Trinajstić information content (AvgIpc) is 3.16. The quantitative estimate of drug-likeness (QED) is 0.261. The van der Waals surface area contributed by atoms with Gasteiger partial charge in [0.05, 0.1) is 13.2 Å². The van der Waals surface area contributed by atoms with Gasteiger partial charge in [-0.15, -0.1) is 0 Å². The number of hydrogen-bond acceptors (Lipinski definition) is 4. The fraction of sp³-hybridized carbons (Fsp3) is 0.312. The Morgan fingerprint density at radius 2 is 1.63 bits per heavy atom. The molecule has 4 aromatic rings. The van der Waals surface area contributed by atoms with Crippen LogP contribution in [0.4, 0.5) is 0 Å². The molecule has 4 rings (SSSR count). The molecule has 1 atom stereocenters. The highest BCUT2D eigenvalue weighted by atomic mass is 16.6. The van der Waals surface area contributed by atoms with Crippen LogP contribution in [0, 0.1) is 13.8 Å². The first-order valence-electron chi connectivity index (χ1n) is 13.0. The molecule has 0 spiro atoms. The Hall–Kier alpha value is -4.06. The van der Waals surface area contributed by atoms with Gasteiger partial charge in [-0.3, -0.25) is 4.79 Å². The van der Waals surface area contributed by atoms with Crippen molar-refractivity contribution >= 4 is 22.8 Å². The largest absolute Gasteiger partial charge is 0.482 e. The SMILES string of the molecule is COC(=O)COc1ccc(Cn2c(C)c(C)c3cc(C(=O)N[C@@H](C)c4cccc(C(C)C)c4)ccc32)cc1. The second kappa shape index (κ2) is 11.5. The fourth-order valence-electron chi connectivity index (χ4n) is 4.62. The van der Waals surface area contributed by atoms with Gasteiger partial charge in [-0.05, 0) is 79.3 Å². The number of aryl methyl sites for hydroxylation is 1. The van der Waals surface area contributed by atoms with Crippen LogP contribution in [-0.4, -0.2) is 30.2 Å². The summed E-state index contributed by atoms with van der Waals surface area (Å²) in [4.78, 5) is 24.5. The van der Waals surface area contributed by atoms with Crippen LogP contribution in [0.5, 0.6) is 5.75 Å². The number of carbonyl (C=O) groups excluding carboxylic acids is 2. The van der Waals surface area contributed by atoms with Gasteiger partial charge in [0.1, 0.15) is 5.75 Å². The summed E-state index contributed by atoms with van der Waals surface area (Å²) in [5.41, 5.74) is 7.52. The zero-order chi connectivity index (χ0) is 27.4. The molecular weight excluding hydrogens is 476 g/mol. The van der Waals surface area contributed by atoms with E-state index in [0.717, 1.165) is 33.3 Å². The van der Waals surface area contributed by atoms with Crippen molar-refractivity contribution in [3.05, 3.63) is 100 Å². The highest BCUT2D eigenvalue weighted by Crippen LogP contribution is 2.28. The summed E-state index contributed by atoms with van der Waals surface area (Å²) in [6.07, 6.45) is 0. The number of hydrogen-bond donors (Lipinski definition) is 1. The molecule has 38 heavy (non-hydrogen) atoms. The maximum Gasteiger partial charge on any atom is 0.343 e. The van der Waals surface area contributed by atoms with Crippen molar-refractivity contribution in [2.24, 2.45) is 0 Å². The first-order valence-corrected chi connectivity index (χ1v) is 13.0. The van der Waals surface area contributed by atoms with E-state index in [9.17, 15) is 9.59 Å². The van der Waals surface area contributed by atoms with Crippen molar-refractivity contribution in [2.45, 2.75) is 53.1 Å². The number of aromatic nitrogens is 1. The predicted molar refractivity (Wildman–Crippen MR) is 151 cm³/mol. The van der Waals surface area contributed by atoms with Gasteiger partial charge in [-0.1, -0.05) is 50.2 Å². The van der Waals surface area contributed by atoms with E-state index in [1.165, 1.54) is 12.7 Å². The number of ether oxygens (including phenoxy) is 2. The summed E-state index contributed by atoms with van der Waals surface area (Å²) >= 11 is 0. The third-order valence-corrected chi connectivity index (χ3v) is 7.17. The molecule has 0 unspecified atom stereocenters. The number of nitrogens with one attached hydrogen (secondary N) is 1. The topological polar surface area (TPSA) is 69.6 Å². The first-order chi connectivity index (χ1) is 18.2. The van der Waals surface area contributed by atoms with Gasteiger partial charge in [0, 0.05) is 28.7 Å². The minimum atomic E-state index is -0.415. The van der Waals surface area contributed by atoms with Crippen LogP contribution in [0.3, 0.4) is 0 Å². The van der Waals surface area contributed by atoms with Crippen molar-refractivity contribution in [1.29, 1.82) is 0 Å². The van der Waals surface area contributed by atoms with Gasteiger partial charge in [0.15, 0.2) is 6.61 Å². The molecule has 0 saturated carbocycles. The summed E-state index contributed by atoms with van der Waals surface area (Å²) in [5.74, 6) is 0.558. The van der Waals surface area contributed by atoms with Crippen molar-refractivity contribution in [1.82, 2.24) is 9.88 Å². The van der Waals surface area contributed by atoms with Gasteiger partial charge >= 0.3 is 5.97 Å². The Kier molecular flexibility index (Phi) is 8.20. The van der Waals surface area contributed by atoms with E-state index in [0.29, 0.717) is 23.8 Å². The molecule has 0 saturated heterocycles. The molecule has 0 bridgehead atoms. The predicted octanol–water partition coefficient (Wildman–Crippen LogP) is 6.47. The summed E-state index contributed by atoms with van der Waals surface area (Å²) in [6.45, 7) is 11.1. The number of fused-ring (bicyclic) bond motifs is 1. The van der Waals surface area contributed by atoms with E-state index >= 15 is 0 Å². The zero-order valence-corrected chi connectivity index (χ0v) is 23.0. The van der Waals surface area contributed by atoms with Crippen LogP contribution in [0.2, 0.25) is 0 Å².